The van der Waals surface area contributed by atoms with E-state index >= 15 is 0 Å². The summed E-state index contributed by atoms with van der Waals surface area (Å²) in [5.41, 5.74) is -0.551. The highest BCUT2D eigenvalue weighted by molar-refractivity contribution is 5.98. The van der Waals surface area contributed by atoms with Crippen molar-refractivity contribution in [2.45, 2.75) is 53.0 Å². The molecule has 0 aromatic rings. The summed E-state index contributed by atoms with van der Waals surface area (Å²) in [5, 5.41) is 12.0. The molecule has 3 unspecified atom stereocenters. The highest BCUT2D eigenvalue weighted by Crippen LogP contribution is 2.35. The number of carbonyl (C=O) groups is 2. The van der Waals surface area contributed by atoms with Crippen molar-refractivity contribution in [2.75, 3.05) is 0 Å². The largest absolute Gasteiger partial charge is 0.481 e. The van der Waals surface area contributed by atoms with Crippen molar-refractivity contribution in [2.24, 2.45) is 17.3 Å². The summed E-state index contributed by atoms with van der Waals surface area (Å²) >= 11 is 0. The zero-order valence-corrected chi connectivity index (χ0v) is 11.1. The van der Waals surface area contributed by atoms with Gasteiger partial charge in [-0.2, -0.15) is 0 Å². The molecule has 4 nitrogen and oxygen atoms in total. The van der Waals surface area contributed by atoms with E-state index in [2.05, 4.69) is 12.2 Å². The molecule has 98 valence electrons. The molecule has 0 saturated heterocycles. The van der Waals surface area contributed by atoms with Crippen molar-refractivity contribution in [1.29, 1.82) is 0 Å². The van der Waals surface area contributed by atoms with Crippen molar-refractivity contribution < 1.29 is 14.7 Å². The Bertz CT molecular complexity index is 306. The fraction of sp³-hybridized carbons (Fsp3) is 0.846. The van der Waals surface area contributed by atoms with E-state index < -0.39 is 17.3 Å². The van der Waals surface area contributed by atoms with Crippen LogP contribution in [0.3, 0.4) is 0 Å². The minimum absolute atomic E-state index is 0.201. The maximum Gasteiger partial charge on any atom is 0.316 e. The predicted molar refractivity (Wildman–Crippen MR) is 65.5 cm³/mol. The van der Waals surface area contributed by atoms with Crippen LogP contribution in [-0.2, 0) is 9.59 Å². The highest BCUT2D eigenvalue weighted by Gasteiger charge is 2.43. The van der Waals surface area contributed by atoms with E-state index in [0.717, 1.165) is 19.3 Å². The molecular weight excluding hydrogens is 218 g/mol. The Hall–Kier alpha value is -1.06. The van der Waals surface area contributed by atoms with Crippen LogP contribution in [0.15, 0.2) is 0 Å². The Labute approximate surface area is 103 Å². The molecule has 1 amide bonds. The minimum atomic E-state index is -1.04. The van der Waals surface area contributed by atoms with Gasteiger partial charge in [0.05, 0.1) is 0 Å². The summed E-state index contributed by atoms with van der Waals surface area (Å²) in [5.74, 6) is -1.79. The summed E-state index contributed by atoms with van der Waals surface area (Å²) in [6.07, 6.45) is 3.22. The molecule has 0 radical (unpaired) electrons. The van der Waals surface area contributed by atoms with Crippen LogP contribution in [0.1, 0.15) is 47.0 Å². The lowest BCUT2D eigenvalue weighted by Gasteiger charge is -2.26. The third kappa shape index (κ3) is 3.72. The van der Waals surface area contributed by atoms with Crippen LogP contribution in [0.5, 0.6) is 0 Å². The average Bonchev–Trinajstić information content (AvgIpc) is 2.79. The molecule has 17 heavy (non-hydrogen) atoms. The first-order valence-electron chi connectivity index (χ1n) is 6.30. The maximum atomic E-state index is 11.9. The lowest BCUT2D eigenvalue weighted by atomic mass is 9.80. The number of hydrogen-bond acceptors (Lipinski definition) is 2. The van der Waals surface area contributed by atoms with Crippen LogP contribution in [0.4, 0.5) is 0 Å². The van der Waals surface area contributed by atoms with E-state index in [-0.39, 0.29) is 11.9 Å². The predicted octanol–water partition coefficient (Wildman–Crippen LogP) is 2.04. The molecule has 1 rings (SSSR count). The number of nitrogens with one attached hydrogen (secondary N) is 1. The third-order valence-corrected chi connectivity index (χ3v) is 3.28. The number of carbonyl (C=O) groups excluding carboxylic acids is 1. The average molecular weight is 241 g/mol. The maximum absolute atomic E-state index is 11.9. The topological polar surface area (TPSA) is 66.4 Å². The summed E-state index contributed by atoms with van der Waals surface area (Å²) in [7, 11) is 0. The molecular formula is C13H23NO3. The number of rotatable bonds is 5. The van der Waals surface area contributed by atoms with Gasteiger partial charge in [0, 0.05) is 6.04 Å². The quantitative estimate of drug-likeness (QED) is 0.724. The third-order valence-electron chi connectivity index (χ3n) is 3.28. The second kappa shape index (κ2) is 5.07. The molecule has 1 aliphatic rings. The van der Waals surface area contributed by atoms with Gasteiger partial charge in [0.2, 0.25) is 5.91 Å². The smallest absolute Gasteiger partial charge is 0.316 e. The van der Waals surface area contributed by atoms with Crippen LogP contribution in [0.25, 0.3) is 0 Å². The highest BCUT2D eigenvalue weighted by atomic mass is 16.4. The van der Waals surface area contributed by atoms with Crippen molar-refractivity contribution in [3.63, 3.8) is 0 Å². The molecule has 0 spiro atoms. The number of carboxylic acids is 1. The molecule has 3 atom stereocenters. The number of aliphatic carboxylic acids is 1. The SMILES string of the molecule is CCCC1CC1NC(=O)C(C(=O)O)C(C)(C)C. The lowest BCUT2D eigenvalue weighted by Crippen LogP contribution is -2.43. The Morgan fingerprint density at radius 2 is 2.00 bits per heavy atom. The van der Waals surface area contributed by atoms with E-state index in [4.69, 9.17) is 5.11 Å². The van der Waals surface area contributed by atoms with Crippen LogP contribution in [0.2, 0.25) is 0 Å². The Kier molecular flexibility index (Phi) is 4.17. The number of carboxylic acid groups (broad SMARTS) is 1. The van der Waals surface area contributed by atoms with Gasteiger partial charge in [-0.15, -0.1) is 0 Å². The van der Waals surface area contributed by atoms with E-state index in [1.807, 2.05) is 0 Å². The van der Waals surface area contributed by atoms with Crippen LogP contribution >= 0.6 is 0 Å². The van der Waals surface area contributed by atoms with Gasteiger partial charge in [0.15, 0.2) is 0 Å². The van der Waals surface area contributed by atoms with Crippen LogP contribution in [-0.4, -0.2) is 23.0 Å². The Morgan fingerprint density at radius 3 is 2.41 bits per heavy atom. The molecule has 0 aromatic carbocycles. The monoisotopic (exact) mass is 241 g/mol. The summed E-state index contributed by atoms with van der Waals surface area (Å²) in [6.45, 7) is 7.46. The van der Waals surface area contributed by atoms with Gasteiger partial charge >= 0.3 is 5.97 Å². The van der Waals surface area contributed by atoms with Gasteiger partial charge in [-0.05, 0) is 24.2 Å². The van der Waals surface area contributed by atoms with E-state index in [0.29, 0.717) is 5.92 Å². The van der Waals surface area contributed by atoms with Gasteiger partial charge in [0.1, 0.15) is 5.92 Å². The first-order valence-corrected chi connectivity index (χ1v) is 6.30. The molecule has 1 fully saturated rings. The van der Waals surface area contributed by atoms with Gasteiger partial charge in [0.25, 0.3) is 0 Å². The van der Waals surface area contributed by atoms with Gasteiger partial charge < -0.3 is 10.4 Å². The van der Waals surface area contributed by atoms with Gasteiger partial charge in [-0.25, -0.2) is 0 Å². The van der Waals surface area contributed by atoms with Gasteiger partial charge in [-0.1, -0.05) is 34.1 Å². The molecule has 0 heterocycles. The molecule has 0 bridgehead atoms. The molecule has 4 heteroatoms. The van der Waals surface area contributed by atoms with Crippen molar-refractivity contribution in [3.05, 3.63) is 0 Å². The number of hydrogen-bond donors (Lipinski definition) is 2. The van der Waals surface area contributed by atoms with Crippen LogP contribution < -0.4 is 5.32 Å². The zero-order chi connectivity index (χ0) is 13.2. The van der Waals surface area contributed by atoms with Crippen molar-refractivity contribution in [1.82, 2.24) is 5.32 Å². The summed E-state index contributed by atoms with van der Waals surface area (Å²) < 4.78 is 0. The summed E-state index contributed by atoms with van der Waals surface area (Å²) in [6, 6.07) is 0.201. The minimum Gasteiger partial charge on any atom is -0.481 e. The normalized spacial score (nSPS) is 25.2. The number of amides is 1. The van der Waals surface area contributed by atoms with Crippen molar-refractivity contribution >= 4 is 11.9 Å². The van der Waals surface area contributed by atoms with E-state index in [1.54, 1.807) is 20.8 Å². The van der Waals surface area contributed by atoms with E-state index in [9.17, 15) is 9.59 Å². The first kappa shape index (κ1) is 14.0. The fourth-order valence-electron chi connectivity index (χ4n) is 2.26. The second-order valence-electron chi connectivity index (χ2n) is 6.04. The van der Waals surface area contributed by atoms with Crippen LogP contribution in [0, 0.1) is 17.3 Å². The fourth-order valence-corrected chi connectivity index (χ4v) is 2.26. The lowest BCUT2D eigenvalue weighted by molar-refractivity contribution is -0.151. The molecule has 1 aliphatic carbocycles. The van der Waals surface area contributed by atoms with Gasteiger partial charge in [-0.3, -0.25) is 9.59 Å². The zero-order valence-electron chi connectivity index (χ0n) is 11.1. The van der Waals surface area contributed by atoms with E-state index in [1.165, 1.54) is 0 Å². The Morgan fingerprint density at radius 1 is 1.41 bits per heavy atom. The summed E-state index contributed by atoms with van der Waals surface area (Å²) in [4.78, 5) is 23.1. The first-order chi connectivity index (χ1) is 7.77. The Balaban J connectivity index is 2.54. The molecule has 0 aliphatic heterocycles. The van der Waals surface area contributed by atoms with Crippen molar-refractivity contribution in [3.8, 4) is 0 Å². The standard InChI is InChI=1S/C13H23NO3/c1-5-6-8-7-9(8)14-11(15)10(12(16)17)13(2,3)4/h8-10H,5-7H2,1-4H3,(H,14,15)(H,16,17). The molecule has 2 N–H and O–H groups in total. The molecule has 0 aromatic heterocycles. The second-order valence-corrected chi connectivity index (χ2v) is 6.04. The molecule has 1 saturated carbocycles.